The predicted octanol–water partition coefficient (Wildman–Crippen LogP) is 1.39. The first-order valence-electron chi connectivity index (χ1n) is 5.34. The molecule has 1 aromatic rings. The van der Waals surface area contributed by atoms with E-state index in [0.29, 0.717) is 19.5 Å². The van der Waals surface area contributed by atoms with Gasteiger partial charge in [0.1, 0.15) is 13.5 Å². The zero-order chi connectivity index (χ0) is 13.2. The molecule has 0 spiro atoms. The Bertz CT molecular complexity index is 376. The van der Waals surface area contributed by atoms with Crippen LogP contribution < -0.4 is 0 Å². The van der Waals surface area contributed by atoms with Gasteiger partial charge in [0.15, 0.2) is 0 Å². The van der Waals surface area contributed by atoms with Crippen molar-refractivity contribution in [2.45, 2.75) is 6.54 Å². The minimum absolute atomic E-state index is 0.0700. The standard InChI is InChI=1S/C13H15NO4/c1-2-12-3-5-13(6-4-12)7-14(8-17-10-15)9-18-11-16/h2-6,10-11H,1,7-9H2. The molecular formula is C13H15NO4. The zero-order valence-corrected chi connectivity index (χ0v) is 9.95. The molecule has 0 fully saturated rings. The molecule has 0 aliphatic heterocycles. The molecule has 0 aromatic heterocycles. The number of rotatable bonds is 9. The fourth-order valence-corrected chi connectivity index (χ4v) is 1.42. The van der Waals surface area contributed by atoms with Gasteiger partial charge in [-0.15, -0.1) is 0 Å². The van der Waals surface area contributed by atoms with E-state index >= 15 is 0 Å². The highest BCUT2D eigenvalue weighted by Gasteiger charge is 2.06. The molecule has 0 unspecified atom stereocenters. The van der Waals surface area contributed by atoms with E-state index in [1.54, 1.807) is 11.0 Å². The van der Waals surface area contributed by atoms with E-state index in [-0.39, 0.29) is 13.5 Å². The Kier molecular flexibility index (Phi) is 6.21. The molecule has 0 heterocycles. The normalized spacial score (nSPS) is 9.83. The molecule has 0 aliphatic carbocycles. The van der Waals surface area contributed by atoms with Crippen LogP contribution in [0.5, 0.6) is 0 Å². The van der Waals surface area contributed by atoms with Gasteiger partial charge in [0, 0.05) is 6.54 Å². The van der Waals surface area contributed by atoms with Gasteiger partial charge in [-0.05, 0) is 11.1 Å². The first-order chi connectivity index (χ1) is 8.80. The first-order valence-corrected chi connectivity index (χ1v) is 5.34. The summed E-state index contributed by atoms with van der Waals surface area (Å²) in [6, 6.07) is 7.74. The van der Waals surface area contributed by atoms with Crippen molar-refractivity contribution in [3.63, 3.8) is 0 Å². The molecule has 0 amide bonds. The number of ether oxygens (including phenoxy) is 2. The lowest BCUT2D eigenvalue weighted by atomic mass is 10.1. The highest BCUT2D eigenvalue weighted by Crippen LogP contribution is 2.08. The Balaban J connectivity index is 2.58. The molecule has 0 saturated heterocycles. The Morgan fingerprint density at radius 2 is 1.61 bits per heavy atom. The summed E-state index contributed by atoms with van der Waals surface area (Å²) in [7, 11) is 0. The van der Waals surface area contributed by atoms with Crippen molar-refractivity contribution in [1.82, 2.24) is 4.90 Å². The van der Waals surface area contributed by atoms with Crippen molar-refractivity contribution >= 4 is 19.0 Å². The van der Waals surface area contributed by atoms with E-state index < -0.39 is 0 Å². The molecule has 0 saturated carbocycles. The van der Waals surface area contributed by atoms with Crippen molar-refractivity contribution in [3.05, 3.63) is 42.0 Å². The van der Waals surface area contributed by atoms with Crippen LogP contribution in [0, 0.1) is 0 Å². The lowest BCUT2D eigenvalue weighted by Gasteiger charge is -2.19. The molecule has 18 heavy (non-hydrogen) atoms. The molecule has 0 atom stereocenters. The van der Waals surface area contributed by atoms with E-state index in [1.807, 2.05) is 24.3 Å². The molecule has 1 rings (SSSR count). The van der Waals surface area contributed by atoms with Crippen LogP contribution in [0.4, 0.5) is 0 Å². The number of hydrogen-bond acceptors (Lipinski definition) is 5. The highest BCUT2D eigenvalue weighted by molar-refractivity contribution is 5.47. The lowest BCUT2D eigenvalue weighted by molar-refractivity contribution is -0.142. The molecule has 0 N–H and O–H groups in total. The van der Waals surface area contributed by atoms with Crippen LogP contribution in [-0.2, 0) is 25.6 Å². The van der Waals surface area contributed by atoms with Crippen LogP contribution in [0.3, 0.4) is 0 Å². The van der Waals surface area contributed by atoms with Crippen molar-refractivity contribution in [2.24, 2.45) is 0 Å². The van der Waals surface area contributed by atoms with E-state index in [2.05, 4.69) is 16.1 Å². The average molecular weight is 249 g/mol. The Morgan fingerprint density at radius 3 is 2.06 bits per heavy atom. The molecule has 0 bridgehead atoms. The SMILES string of the molecule is C=Cc1ccc(CN(COC=O)COC=O)cc1. The van der Waals surface area contributed by atoms with Crippen LogP contribution in [0.15, 0.2) is 30.8 Å². The monoisotopic (exact) mass is 249 g/mol. The smallest absolute Gasteiger partial charge is 0.294 e. The number of carbonyl (C=O) groups excluding carboxylic acids is 2. The first kappa shape index (κ1) is 13.9. The highest BCUT2D eigenvalue weighted by atomic mass is 16.6. The van der Waals surface area contributed by atoms with E-state index in [4.69, 9.17) is 0 Å². The van der Waals surface area contributed by atoms with E-state index in [1.165, 1.54) is 0 Å². The molecule has 0 aliphatic rings. The third kappa shape index (κ3) is 4.80. The number of hydrogen-bond donors (Lipinski definition) is 0. The van der Waals surface area contributed by atoms with Crippen molar-refractivity contribution in [2.75, 3.05) is 13.5 Å². The third-order valence-corrected chi connectivity index (χ3v) is 2.27. The summed E-state index contributed by atoms with van der Waals surface area (Å²) >= 11 is 0. The molecule has 5 nitrogen and oxygen atoms in total. The van der Waals surface area contributed by atoms with Gasteiger partial charge < -0.3 is 9.47 Å². The Hall–Kier alpha value is -2.14. The molecule has 5 heteroatoms. The third-order valence-electron chi connectivity index (χ3n) is 2.27. The zero-order valence-electron chi connectivity index (χ0n) is 9.95. The topological polar surface area (TPSA) is 55.8 Å². The average Bonchev–Trinajstić information content (AvgIpc) is 2.42. The van der Waals surface area contributed by atoms with Crippen molar-refractivity contribution < 1.29 is 19.1 Å². The van der Waals surface area contributed by atoms with Crippen LogP contribution in [0.25, 0.3) is 6.08 Å². The summed E-state index contributed by atoms with van der Waals surface area (Å²) in [5.74, 6) is 0. The quantitative estimate of drug-likeness (QED) is 0.489. The second-order valence-corrected chi connectivity index (χ2v) is 3.56. The molecular weight excluding hydrogens is 234 g/mol. The number of nitrogens with zero attached hydrogens (tertiary/aromatic N) is 1. The van der Waals surface area contributed by atoms with Crippen LogP contribution in [0.1, 0.15) is 11.1 Å². The fourth-order valence-electron chi connectivity index (χ4n) is 1.42. The maximum absolute atomic E-state index is 10.1. The molecule has 0 radical (unpaired) electrons. The van der Waals surface area contributed by atoms with E-state index in [9.17, 15) is 9.59 Å². The van der Waals surface area contributed by atoms with Crippen LogP contribution >= 0.6 is 0 Å². The lowest BCUT2D eigenvalue weighted by Crippen LogP contribution is -2.28. The van der Waals surface area contributed by atoms with Crippen LogP contribution in [-0.4, -0.2) is 31.3 Å². The summed E-state index contributed by atoms with van der Waals surface area (Å²) in [6.07, 6.45) is 1.76. The van der Waals surface area contributed by atoms with Crippen molar-refractivity contribution in [1.29, 1.82) is 0 Å². The maximum Gasteiger partial charge on any atom is 0.294 e. The molecule has 96 valence electrons. The maximum atomic E-state index is 10.1. The summed E-state index contributed by atoms with van der Waals surface area (Å²) in [5.41, 5.74) is 2.04. The van der Waals surface area contributed by atoms with Crippen LogP contribution in [0.2, 0.25) is 0 Å². The van der Waals surface area contributed by atoms with Gasteiger partial charge in [-0.2, -0.15) is 0 Å². The van der Waals surface area contributed by atoms with Gasteiger partial charge in [-0.3, -0.25) is 9.59 Å². The number of benzene rings is 1. The van der Waals surface area contributed by atoms with Gasteiger partial charge in [-0.1, -0.05) is 36.9 Å². The summed E-state index contributed by atoms with van der Waals surface area (Å²) in [6.45, 7) is 5.04. The number of carbonyl (C=O) groups is 2. The van der Waals surface area contributed by atoms with Gasteiger partial charge in [-0.25, -0.2) is 4.90 Å². The Morgan fingerprint density at radius 1 is 1.06 bits per heavy atom. The summed E-state index contributed by atoms with van der Waals surface area (Å²) in [4.78, 5) is 22.0. The second-order valence-electron chi connectivity index (χ2n) is 3.56. The van der Waals surface area contributed by atoms with Gasteiger partial charge >= 0.3 is 0 Å². The Labute approximate surface area is 106 Å². The fraction of sp³-hybridized carbons (Fsp3) is 0.231. The molecule has 1 aromatic carbocycles. The summed E-state index contributed by atoms with van der Waals surface area (Å²) in [5, 5.41) is 0. The van der Waals surface area contributed by atoms with Crippen molar-refractivity contribution in [3.8, 4) is 0 Å². The predicted molar refractivity (Wildman–Crippen MR) is 66.1 cm³/mol. The summed E-state index contributed by atoms with van der Waals surface area (Å²) < 4.78 is 9.29. The van der Waals surface area contributed by atoms with E-state index in [0.717, 1.165) is 11.1 Å². The van der Waals surface area contributed by atoms with Gasteiger partial charge in [0.25, 0.3) is 12.9 Å². The second kappa shape index (κ2) is 8.03. The minimum Gasteiger partial charge on any atom is -0.452 e. The van der Waals surface area contributed by atoms with Gasteiger partial charge in [0.2, 0.25) is 0 Å². The minimum atomic E-state index is 0.0700. The largest absolute Gasteiger partial charge is 0.452 e. The van der Waals surface area contributed by atoms with Gasteiger partial charge in [0.05, 0.1) is 0 Å².